The summed E-state index contributed by atoms with van der Waals surface area (Å²) in [5.74, 6) is 0.856. The van der Waals surface area contributed by atoms with E-state index in [9.17, 15) is 8.42 Å². The molecule has 0 amide bonds. The minimum absolute atomic E-state index is 0.339. The second-order valence-corrected chi connectivity index (χ2v) is 9.92. The van der Waals surface area contributed by atoms with Gasteiger partial charge in [-0.05, 0) is 47.9 Å². The normalized spacial score (nSPS) is 15.5. The van der Waals surface area contributed by atoms with E-state index in [0.717, 1.165) is 42.9 Å². The third-order valence-corrected chi connectivity index (χ3v) is 7.42. The number of nitrogens with one attached hydrogen (secondary N) is 1. The molecule has 158 valence electrons. The molecule has 0 fully saturated rings. The summed E-state index contributed by atoms with van der Waals surface area (Å²) in [5.41, 5.74) is 4.66. The smallest absolute Gasteiger partial charge is 0.242 e. The lowest BCUT2D eigenvalue weighted by molar-refractivity contribution is 0.293. The van der Waals surface area contributed by atoms with Gasteiger partial charge >= 0.3 is 0 Å². The first kappa shape index (κ1) is 20.7. The van der Waals surface area contributed by atoms with Gasteiger partial charge in [0.1, 0.15) is 5.75 Å². The largest absolute Gasteiger partial charge is 0.497 e. The van der Waals surface area contributed by atoms with Crippen molar-refractivity contribution in [3.05, 3.63) is 65.9 Å². The van der Waals surface area contributed by atoms with E-state index in [1.165, 1.54) is 20.8 Å². The van der Waals surface area contributed by atoms with Gasteiger partial charge in [0.15, 0.2) is 0 Å². The van der Waals surface area contributed by atoms with Gasteiger partial charge in [-0.25, -0.2) is 12.7 Å². The van der Waals surface area contributed by atoms with Crippen molar-refractivity contribution in [1.29, 1.82) is 0 Å². The van der Waals surface area contributed by atoms with Gasteiger partial charge in [0.2, 0.25) is 10.0 Å². The Balaban J connectivity index is 1.50. The van der Waals surface area contributed by atoms with Crippen molar-refractivity contribution in [1.82, 2.24) is 14.2 Å². The first-order valence-electron chi connectivity index (χ1n) is 9.97. The molecule has 0 spiro atoms. The van der Waals surface area contributed by atoms with Crippen LogP contribution in [0.4, 0.5) is 0 Å². The summed E-state index contributed by atoms with van der Waals surface area (Å²) in [5, 5.41) is 1.18. The standard InChI is InChI=1S/C23H27N3O3S/c1-25(2)30(27,28)20-6-4-5-17(13-20)16-26-11-9-18(10-12-26)22-15-24-23-8-7-19(29-3)14-21(22)23/h4-9,13-15,24H,10-12,16H2,1-3H3. The van der Waals surface area contributed by atoms with E-state index in [1.54, 1.807) is 33.3 Å². The van der Waals surface area contributed by atoms with Gasteiger partial charge in [-0.2, -0.15) is 0 Å². The van der Waals surface area contributed by atoms with E-state index in [2.05, 4.69) is 28.2 Å². The van der Waals surface area contributed by atoms with Crippen molar-refractivity contribution in [2.45, 2.75) is 17.9 Å². The first-order chi connectivity index (χ1) is 14.4. The highest BCUT2D eigenvalue weighted by atomic mass is 32.2. The molecule has 1 N–H and O–H groups in total. The molecule has 7 heteroatoms. The topological polar surface area (TPSA) is 65.6 Å². The Bertz CT molecular complexity index is 1200. The minimum atomic E-state index is -3.42. The van der Waals surface area contributed by atoms with Crippen molar-refractivity contribution in [3.8, 4) is 5.75 Å². The molecule has 0 saturated carbocycles. The number of aromatic amines is 1. The number of methoxy groups -OCH3 is 1. The van der Waals surface area contributed by atoms with Crippen LogP contribution in [-0.4, -0.2) is 56.9 Å². The number of ether oxygens (including phenoxy) is 1. The molecular formula is C23H27N3O3S. The lowest BCUT2D eigenvalue weighted by Gasteiger charge is -2.26. The Kier molecular flexibility index (Phi) is 5.69. The van der Waals surface area contributed by atoms with Crippen molar-refractivity contribution >= 4 is 26.5 Å². The van der Waals surface area contributed by atoms with Crippen LogP contribution in [0.1, 0.15) is 17.5 Å². The van der Waals surface area contributed by atoms with E-state index < -0.39 is 10.0 Å². The lowest BCUT2D eigenvalue weighted by atomic mass is 9.98. The Labute approximate surface area is 177 Å². The average molecular weight is 426 g/mol. The summed E-state index contributed by atoms with van der Waals surface area (Å²) in [7, 11) is 1.38. The SMILES string of the molecule is COc1ccc2[nH]cc(C3=CCN(Cc4cccc(S(=O)(=O)N(C)C)c4)CC3)c2c1. The number of benzene rings is 2. The van der Waals surface area contributed by atoms with Crippen LogP contribution >= 0.6 is 0 Å². The molecule has 1 aliphatic rings. The van der Waals surface area contributed by atoms with Gasteiger partial charge in [0, 0.05) is 56.4 Å². The molecule has 30 heavy (non-hydrogen) atoms. The quantitative estimate of drug-likeness (QED) is 0.654. The fourth-order valence-electron chi connectivity index (χ4n) is 3.87. The molecule has 1 aromatic heterocycles. The summed E-state index contributed by atoms with van der Waals surface area (Å²) >= 11 is 0. The molecule has 0 aliphatic carbocycles. The molecule has 2 aromatic carbocycles. The Morgan fingerprint density at radius 2 is 2.00 bits per heavy atom. The second-order valence-electron chi connectivity index (χ2n) is 7.76. The van der Waals surface area contributed by atoms with Gasteiger partial charge < -0.3 is 9.72 Å². The molecule has 0 unspecified atom stereocenters. The number of hydrogen-bond donors (Lipinski definition) is 1. The van der Waals surface area contributed by atoms with Crippen molar-refractivity contribution in [3.63, 3.8) is 0 Å². The lowest BCUT2D eigenvalue weighted by Crippen LogP contribution is -2.28. The van der Waals surface area contributed by atoms with Crippen LogP contribution < -0.4 is 4.74 Å². The number of rotatable bonds is 6. The van der Waals surface area contributed by atoms with Gasteiger partial charge in [-0.3, -0.25) is 4.90 Å². The number of fused-ring (bicyclic) bond motifs is 1. The van der Waals surface area contributed by atoms with Crippen LogP contribution in [0, 0.1) is 0 Å². The van der Waals surface area contributed by atoms with Gasteiger partial charge in [-0.1, -0.05) is 18.2 Å². The Morgan fingerprint density at radius 3 is 2.70 bits per heavy atom. The van der Waals surface area contributed by atoms with Gasteiger partial charge in [0.25, 0.3) is 0 Å². The zero-order valence-corrected chi connectivity index (χ0v) is 18.4. The van der Waals surface area contributed by atoms with Crippen LogP contribution in [0.3, 0.4) is 0 Å². The maximum atomic E-state index is 12.4. The number of sulfonamides is 1. The number of nitrogens with zero attached hydrogens (tertiary/aromatic N) is 2. The predicted molar refractivity (Wildman–Crippen MR) is 120 cm³/mol. The van der Waals surface area contributed by atoms with Crippen molar-refractivity contribution in [2.24, 2.45) is 0 Å². The summed E-state index contributed by atoms with van der Waals surface area (Å²) in [4.78, 5) is 6.02. The summed E-state index contributed by atoms with van der Waals surface area (Å²) < 4.78 is 31.4. The third-order valence-electron chi connectivity index (χ3n) is 5.61. The van der Waals surface area contributed by atoms with Gasteiger partial charge in [-0.15, -0.1) is 0 Å². The van der Waals surface area contributed by atoms with Crippen LogP contribution in [-0.2, 0) is 16.6 Å². The Morgan fingerprint density at radius 1 is 1.17 bits per heavy atom. The highest BCUT2D eigenvalue weighted by Crippen LogP contribution is 2.31. The van der Waals surface area contributed by atoms with E-state index in [1.807, 2.05) is 24.3 Å². The highest BCUT2D eigenvalue weighted by molar-refractivity contribution is 7.89. The zero-order chi connectivity index (χ0) is 21.3. The molecule has 6 nitrogen and oxygen atoms in total. The summed E-state index contributed by atoms with van der Waals surface area (Å²) in [6.07, 6.45) is 5.28. The summed E-state index contributed by atoms with van der Waals surface area (Å²) in [6, 6.07) is 13.3. The maximum Gasteiger partial charge on any atom is 0.242 e. The molecule has 0 saturated heterocycles. The van der Waals surface area contributed by atoms with E-state index >= 15 is 0 Å². The Hall–Kier alpha value is -2.61. The fraction of sp³-hybridized carbons (Fsp3) is 0.304. The zero-order valence-electron chi connectivity index (χ0n) is 17.6. The molecule has 1 aliphatic heterocycles. The highest BCUT2D eigenvalue weighted by Gasteiger charge is 2.19. The van der Waals surface area contributed by atoms with E-state index in [4.69, 9.17) is 4.74 Å². The van der Waals surface area contributed by atoms with E-state index in [-0.39, 0.29) is 0 Å². The van der Waals surface area contributed by atoms with Gasteiger partial charge in [0.05, 0.1) is 12.0 Å². The first-order valence-corrected chi connectivity index (χ1v) is 11.4. The fourth-order valence-corrected chi connectivity index (χ4v) is 4.84. The molecule has 0 atom stereocenters. The third kappa shape index (κ3) is 4.01. The molecule has 0 bridgehead atoms. The number of H-pyrrole nitrogens is 1. The van der Waals surface area contributed by atoms with Crippen LogP contribution in [0.5, 0.6) is 5.75 Å². The monoisotopic (exact) mass is 425 g/mol. The van der Waals surface area contributed by atoms with Crippen LogP contribution in [0.2, 0.25) is 0 Å². The average Bonchev–Trinajstić information content (AvgIpc) is 3.17. The van der Waals surface area contributed by atoms with Crippen LogP contribution in [0.25, 0.3) is 16.5 Å². The molecular weight excluding hydrogens is 398 g/mol. The van der Waals surface area contributed by atoms with Crippen molar-refractivity contribution in [2.75, 3.05) is 34.3 Å². The number of hydrogen-bond acceptors (Lipinski definition) is 4. The predicted octanol–water partition coefficient (Wildman–Crippen LogP) is 3.72. The molecule has 3 aromatic rings. The molecule has 0 radical (unpaired) electrons. The second kappa shape index (κ2) is 8.26. The number of aromatic nitrogens is 1. The summed E-state index contributed by atoms with van der Waals surface area (Å²) in [6.45, 7) is 2.48. The van der Waals surface area contributed by atoms with Crippen molar-refractivity contribution < 1.29 is 13.2 Å². The van der Waals surface area contributed by atoms with E-state index in [0.29, 0.717) is 4.90 Å². The molecule has 2 heterocycles. The maximum absolute atomic E-state index is 12.4. The minimum Gasteiger partial charge on any atom is -0.497 e. The molecule has 4 rings (SSSR count). The van der Waals surface area contributed by atoms with Crippen LogP contribution in [0.15, 0.2) is 59.6 Å².